The van der Waals surface area contributed by atoms with Crippen LogP contribution in [0.15, 0.2) is 12.1 Å². The monoisotopic (exact) mass is 229 g/mol. The first kappa shape index (κ1) is 10.3. The fraction of sp³-hybridized carbons (Fsp3) is 0.455. The Bertz CT molecular complexity index is 349. The topological polar surface area (TPSA) is 12.0 Å². The summed E-state index contributed by atoms with van der Waals surface area (Å²) in [4.78, 5) is 0. The zero-order valence-corrected chi connectivity index (χ0v) is 9.62. The molecule has 1 aliphatic rings. The van der Waals surface area contributed by atoms with Crippen molar-refractivity contribution in [2.45, 2.75) is 25.8 Å². The van der Waals surface area contributed by atoms with Gasteiger partial charge < -0.3 is 5.32 Å². The Morgan fingerprint density at radius 1 is 1.36 bits per heavy atom. The molecule has 1 atom stereocenters. The van der Waals surface area contributed by atoms with Crippen LogP contribution >= 0.6 is 23.2 Å². The van der Waals surface area contributed by atoms with Gasteiger partial charge in [0.2, 0.25) is 0 Å². The quantitative estimate of drug-likeness (QED) is 0.718. The van der Waals surface area contributed by atoms with E-state index in [4.69, 9.17) is 23.2 Å². The van der Waals surface area contributed by atoms with Gasteiger partial charge in [-0.3, -0.25) is 0 Å². The maximum atomic E-state index is 6.21. The van der Waals surface area contributed by atoms with E-state index in [9.17, 15) is 0 Å². The van der Waals surface area contributed by atoms with E-state index in [1.54, 1.807) is 0 Å². The van der Waals surface area contributed by atoms with Crippen molar-refractivity contribution in [1.29, 1.82) is 0 Å². The van der Waals surface area contributed by atoms with E-state index in [2.05, 4.69) is 18.3 Å². The Hall–Kier alpha value is -0.240. The molecule has 1 nitrogen and oxygen atoms in total. The summed E-state index contributed by atoms with van der Waals surface area (Å²) in [6.07, 6.45) is 2.25. The van der Waals surface area contributed by atoms with Crippen LogP contribution in [-0.4, -0.2) is 6.54 Å². The van der Waals surface area contributed by atoms with Gasteiger partial charge in [0.05, 0.1) is 10.0 Å². The highest BCUT2D eigenvalue weighted by Gasteiger charge is 2.18. The minimum atomic E-state index is 0.304. The zero-order chi connectivity index (χ0) is 10.1. The van der Waals surface area contributed by atoms with Crippen molar-refractivity contribution in [1.82, 2.24) is 5.32 Å². The first-order valence-corrected chi connectivity index (χ1v) is 5.66. The number of benzene rings is 1. The molecule has 0 saturated carbocycles. The Morgan fingerprint density at radius 3 is 2.93 bits per heavy atom. The van der Waals surface area contributed by atoms with Crippen LogP contribution in [0.5, 0.6) is 0 Å². The van der Waals surface area contributed by atoms with Gasteiger partial charge in [0.25, 0.3) is 0 Å². The first-order valence-electron chi connectivity index (χ1n) is 4.90. The molecule has 1 N–H and O–H groups in total. The van der Waals surface area contributed by atoms with Gasteiger partial charge in [-0.1, -0.05) is 29.3 Å². The van der Waals surface area contributed by atoms with E-state index in [1.807, 2.05) is 6.07 Å². The maximum absolute atomic E-state index is 6.21. The van der Waals surface area contributed by atoms with Crippen molar-refractivity contribution in [3.63, 3.8) is 0 Å². The van der Waals surface area contributed by atoms with Crippen LogP contribution in [0.2, 0.25) is 10.0 Å². The molecular weight excluding hydrogens is 217 g/mol. The predicted octanol–water partition coefficient (Wildman–Crippen LogP) is 3.59. The summed E-state index contributed by atoms with van der Waals surface area (Å²) in [7, 11) is 0. The summed E-state index contributed by atoms with van der Waals surface area (Å²) in [5.41, 5.74) is 2.51. The normalized spacial score (nSPS) is 21.5. The second kappa shape index (κ2) is 4.09. The van der Waals surface area contributed by atoms with E-state index >= 15 is 0 Å². The van der Waals surface area contributed by atoms with Crippen LogP contribution in [0.1, 0.15) is 30.5 Å². The average Bonchev–Trinajstić information content (AvgIpc) is 2.35. The molecule has 3 heteroatoms. The van der Waals surface area contributed by atoms with E-state index in [1.165, 1.54) is 11.1 Å². The maximum Gasteiger partial charge on any atom is 0.0642 e. The Morgan fingerprint density at radius 2 is 2.14 bits per heavy atom. The van der Waals surface area contributed by atoms with Crippen molar-refractivity contribution >= 4 is 23.2 Å². The van der Waals surface area contributed by atoms with Crippen molar-refractivity contribution < 1.29 is 0 Å². The lowest BCUT2D eigenvalue weighted by molar-refractivity contribution is 0.582. The lowest BCUT2D eigenvalue weighted by Crippen LogP contribution is -2.18. The van der Waals surface area contributed by atoms with E-state index < -0.39 is 0 Å². The molecule has 0 saturated heterocycles. The lowest BCUT2D eigenvalue weighted by atomic mass is 10.00. The van der Waals surface area contributed by atoms with Crippen LogP contribution < -0.4 is 5.32 Å². The van der Waals surface area contributed by atoms with Gasteiger partial charge in [-0.15, -0.1) is 0 Å². The Labute approximate surface area is 94.4 Å². The summed E-state index contributed by atoms with van der Waals surface area (Å²) in [5.74, 6) is 0. The SMILES string of the molecule is CC1NCCCc2ccc(Cl)c(Cl)c21. The van der Waals surface area contributed by atoms with Crippen molar-refractivity contribution in [2.75, 3.05) is 6.54 Å². The second-order valence-corrected chi connectivity index (χ2v) is 4.50. The molecule has 1 aliphatic heterocycles. The molecule has 0 spiro atoms. The average molecular weight is 230 g/mol. The van der Waals surface area contributed by atoms with Crippen LogP contribution in [0.3, 0.4) is 0 Å². The van der Waals surface area contributed by atoms with Crippen molar-refractivity contribution in [3.8, 4) is 0 Å². The molecule has 1 heterocycles. The molecule has 1 aromatic carbocycles. The number of fused-ring (bicyclic) bond motifs is 1. The summed E-state index contributed by atoms with van der Waals surface area (Å²) in [5, 5.41) is 4.79. The van der Waals surface area contributed by atoms with Crippen LogP contribution in [0.25, 0.3) is 0 Å². The van der Waals surface area contributed by atoms with Gasteiger partial charge in [0, 0.05) is 6.04 Å². The van der Waals surface area contributed by atoms with Gasteiger partial charge in [-0.05, 0) is 43.5 Å². The number of aryl methyl sites for hydroxylation is 1. The number of nitrogens with one attached hydrogen (secondary N) is 1. The summed E-state index contributed by atoms with van der Waals surface area (Å²) < 4.78 is 0. The summed E-state index contributed by atoms with van der Waals surface area (Å²) in [6.45, 7) is 3.18. The summed E-state index contributed by atoms with van der Waals surface area (Å²) in [6, 6.07) is 4.28. The first-order chi connectivity index (χ1) is 6.70. The third-order valence-corrected chi connectivity index (χ3v) is 3.55. The van der Waals surface area contributed by atoms with Gasteiger partial charge in [-0.25, -0.2) is 0 Å². The predicted molar refractivity (Wildman–Crippen MR) is 61.2 cm³/mol. The summed E-state index contributed by atoms with van der Waals surface area (Å²) >= 11 is 12.2. The fourth-order valence-corrected chi connectivity index (χ4v) is 2.50. The molecule has 1 unspecified atom stereocenters. The van der Waals surface area contributed by atoms with Crippen LogP contribution in [-0.2, 0) is 6.42 Å². The number of rotatable bonds is 0. The molecule has 0 aliphatic carbocycles. The van der Waals surface area contributed by atoms with Gasteiger partial charge in [-0.2, -0.15) is 0 Å². The third kappa shape index (κ3) is 1.77. The van der Waals surface area contributed by atoms with Gasteiger partial charge in [0.1, 0.15) is 0 Å². The Balaban J connectivity index is 2.54. The van der Waals surface area contributed by atoms with Crippen molar-refractivity contribution in [3.05, 3.63) is 33.3 Å². The molecule has 0 aromatic heterocycles. The fourth-order valence-electron chi connectivity index (χ4n) is 1.99. The number of hydrogen-bond acceptors (Lipinski definition) is 1. The van der Waals surface area contributed by atoms with E-state index in [-0.39, 0.29) is 0 Å². The molecule has 0 bridgehead atoms. The second-order valence-electron chi connectivity index (χ2n) is 3.71. The highest BCUT2D eigenvalue weighted by atomic mass is 35.5. The van der Waals surface area contributed by atoms with Crippen molar-refractivity contribution in [2.24, 2.45) is 0 Å². The van der Waals surface area contributed by atoms with E-state index in [0.717, 1.165) is 19.4 Å². The molecule has 76 valence electrons. The third-order valence-electron chi connectivity index (χ3n) is 2.73. The van der Waals surface area contributed by atoms with Gasteiger partial charge in [0.15, 0.2) is 0 Å². The number of halogens is 2. The standard InChI is InChI=1S/C11H13Cl2N/c1-7-10-8(3-2-6-14-7)4-5-9(12)11(10)13/h4-5,7,14H,2-3,6H2,1H3. The molecule has 14 heavy (non-hydrogen) atoms. The smallest absolute Gasteiger partial charge is 0.0642 e. The highest BCUT2D eigenvalue weighted by molar-refractivity contribution is 6.42. The highest BCUT2D eigenvalue weighted by Crippen LogP contribution is 2.34. The van der Waals surface area contributed by atoms with E-state index in [0.29, 0.717) is 16.1 Å². The van der Waals surface area contributed by atoms with Crippen LogP contribution in [0.4, 0.5) is 0 Å². The Kier molecular flexibility index (Phi) is 3.01. The molecule has 0 amide bonds. The largest absolute Gasteiger partial charge is 0.310 e. The van der Waals surface area contributed by atoms with Crippen LogP contribution in [0, 0.1) is 0 Å². The molecule has 1 aromatic rings. The van der Waals surface area contributed by atoms with Gasteiger partial charge >= 0.3 is 0 Å². The zero-order valence-electron chi connectivity index (χ0n) is 8.11. The molecular formula is C11H13Cl2N. The minimum absolute atomic E-state index is 0.304. The molecule has 2 rings (SSSR count). The molecule has 0 fully saturated rings. The molecule has 0 radical (unpaired) electrons. The number of hydrogen-bond donors (Lipinski definition) is 1. The minimum Gasteiger partial charge on any atom is -0.310 e. The lowest BCUT2D eigenvalue weighted by Gasteiger charge is -2.16.